The lowest BCUT2D eigenvalue weighted by atomic mass is 10.1. The number of benzene rings is 1. The van der Waals surface area contributed by atoms with Crippen molar-refractivity contribution in [2.75, 3.05) is 13.1 Å². The highest BCUT2D eigenvalue weighted by atomic mass is 16.6. The molecule has 1 aliphatic rings. The van der Waals surface area contributed by atoms with E-state index in [1.807, 2.05) is 18.2 Å². The SMILES string of the molecule is CC(=O)OC1CNCCC1Oc1ccc(C)c(C)c1. The molecule has 0 radical (unpaired) electrons. The maximum Gasteiger partial charge on any atom is 0.303 e. The van der Waals surface area contributed by atoms with E-state index < -0.39 is 0 Å². The first-order valence-corrected chi connectivity index (χ1v) is 6.68. The second kappa shape index (κ2) is 6.06. The van der Waals surface area contributed by atoms with Crippen molar-refractivity contribution in [3.8, 4) is 5.75 Å². The molecular formula is C15H21NO3. The van der Waals surface area contributed by atoms with Crippen LogP contribution in [0.4, 0.5) is 0 Å². The lowest BCUT2D eigenvalue weighted by Gasteiger charge is -2.31. The van der Waals surface area contributed by atoms with Crippen molar-refractivity contribution in [3.05, 3.63) is 29.3 Å². The topological polar surface area (TPSA) is 47.6 Å². The van der Waals surface area contributed by atoms with Crippen LogP contribution in [0.15, 0.2) is 18.2 Å². The molecule has 1 aromatic rings. The van der Waals surface area contributed by atoms with Gasteiger partial charge < -0.3 is 14.8 Å². The fourth-order valence-electron chi connectivity index (χ4n) is 2.23. The lowest BCUT2D eigenvalue weighted by Crippen LogP contribution is -2.48. The summed E-state index contributed by atoms with van der Waals surface area (Å²) in [4.78, 5) is 11.1. The molecule has 1 N–H and O–H groups in total. The molecule has 1 heterocycles. The van der Waals surface area contributed by atoms with Gasteiger partial charge in [0.1, 0.15) is 11.9 Å². The Hall–Kier alpha value is -1.55. The average Bonchev–Trinajstić information content (AvgIpc) is 2.36. The number of hydrogen-bond acceptors (Lipinski definition) is 4. The summed E-state index contributed by atoms with van der Waals surface area (Å²) in [5.74, 6) is 0.578. The molecule has 0 bridgehead atoms. The predicted molar refractivity (Wildman–Crippen MR) is 73.4 cm³/mol. The Bertz CT molecular complexity index is 459. The summed E-state index contributed by atoms with van der Waals surface area (Å²) in [6, 6.07) is 6.05. The third kappa shape index (κ3) is 3.70. The molecule has 1 aliphatic heterocycles. The molecule has 104 valence electrons. The molecular weight excluding hydrogens is 242 g/mol. The molecule has 19 heavy (non-hydrogen) atoms. The summed E-state index contributed by atoms with van der Waals surface area (Å²) in [6.45, 7) is 7.10. The minimum Gasteiger partial charge on any atom is -0.486 e. The van der Waals surface area contributed by atoms with E-state index in [0.29, 0.717) is 6.54 Å². The van der Waals surface area contributed by atoms with Crippen LogP contribution in [0.1, 0.15) is 24.5 Å². The van der Waals surface area contributed by atoms with Gasteiger partial charge in [-0.3, -0.25) is 4.79 Å². The van der Waals surface area contributed by atoms with Gasteiger partial charge in [-0.15, -0.1) is 0 Å². The largest absolute Gasteiger partial charge is 0.486 e. The van der Waals surface area contributed by atoms with Crippen LogP contribution in [0, 0.1) is 13.8 Å². The van der Waals surface area contributed by atoms with Gasteiger partial charge in [0.2, 0.25) is 0 Å². The van der Waals surface area contributed by atoms with E-state index in [-0.39, 0.29) is 18.2 Å². The van der Waals surface area contributed by atoms with Gasteiger partial charge in [-0.25, -0.2) is 0 Å². The first kappa shape index (κ1) is 13.9. The zero-order valence-corrected chi connectivity index (χ0v) is 11.7. The van der Waals surface area contributed by atoms with E-state index in [2.05, 4.69) is 19.2 Å². The number of esters is 1. The van der Waals surface area contributed by atoms with Crippen molar-refractivity contribution in [2.45, 2.75) is 39.4 Å². The van der Waals surface area contributed by atoms with E-state index in [0.717, 1.165) is 18.7 Å². The first-order valence-electron chi connectivity index (χ1n) is 6.68. The molecule has 1 aromatic carbocycles. The third-order valence-corrected chi connectivity index (χ3v) is 3.45. The van der Waals surface area contributed by atoms with Crippen LogP contribution in [-0.2, 0) is 9.53 Å². The molecule has 2 rings (SSSR count). The van der Waals surface area contributed by atoms with Crippen LogP contribution in [0.25, 0.3) is 0 Å². The van der Waals surface area contributed by atoms with Crippen molar-refractivity contribution < 1.29 is 14.3 Å². The van der Waals surface area contributed by atoms with Gasteiger partial charge in [-0.1, -0.05) is 6.07 Å². The van der Waals surface area contributed by atoms with Gasteiger partial charge in [0.15, 0.2) is 6.10 Å². The van der Waals surface area contributed by atoms with E-state index in [1.165, 1.54) is 18.1 Å². The molecule has 0 aromatic heterocycles. The number of hydrogen-bond donors (Lipinski definition) is 1. The number of aryl methyl sites for hydroxylation is 2. The number of rotatable bonds is 3. The van der Waals surface area contributed by atoms with Gasteiger partial charge in [-0.05, 0) is 43.7 Å². The Labute approximate surface area is 114 Å². The monoisotopic (exact) mass is 263 g/mol. The highest BCUT2D eigenvalue weighted by Gasteiger charge is 2.29. The molecule has 4 heteroatoms. The van der Waals surface area contributed by atoms with Crippen LogP contribution < -0.4 is 10.1 Å². The Morgan fingerprint density at radius 3 is 2.74 bits per heavy atom. The van der Waals surface area contributed by atoms with Crippen molar-refractivity contribution in [3.63, 3.8) is 0 Å². The number of piperidine rings is 1. The second-order valence-electron chi connectivity index (χ2n) is 5.04. The normalized spacial score (nSPS) is 22.9. The van der Waals surface area contributed by atoms with Gasteiger partial charge in [0, 0.05) is 19.9 Å². The fraction of sp³-hybridized carbons (Fsp3) is 0.533. The van der Waals surface area contributed by atoms with Crippen molar-refractivity contribution in [2.24, 2.45) is 0 Å². The summed E-state index contributed by atoms with van der Waals surface area (Å²) >= 11 is 0. The molecule has 1 saturated heterocycles. The van der Waals surface area contributed by atoms with Gasteiger partial charge >= 0.3 is 5.97 Å². The minimum atomic E-state index is -0.262. The summed E-state index contributed by atoms with van der Waals surface area (Å²) < 4.78 is 11.3. The summed E-state index contributed by atoms with van der Waals surface area (Å²) in [5, 5.41) is 3.22. The maximum absolute atomic E-state index is 11.1. The zero-order valence-electron chi connectivity index (χ0n) is 11.7. The van der Waals surface area contributed by atoms with E-state index in [9.17, 15) is 4.79 Å². The zero-order chi connectivity index (χ0) is 13.8. The smallest absolute Gasteiger partial charge is 0.303 e. The predicted octanol–water partition coefficient (Wildman–Crippen LogP) is 1.98. The van der Waals surface area contributed by atoms with Crippen molar-refractivity contribution in [1.82, 2.24) is 5.32 Å². The van der Waals surface area contributed by atoms with E-state index >= 15 is 0 Å². The molecule has 0 spiro atoms. The van der Waals surface area contributed by atoms with Crippen LogP contribution in [0.2, 0.25) is 0 Å². The Morgan fingerprint density at radius 1 is 1.26 bits per heavy atom. The Kier molecular flexibility index (Phi) is 4.43. The van der Waals surface area contributed by atoms with E-state index in [4.69, 9.17) is 9.47 Å². The highest BCUT2D eigenvalue weighted by Crippen LogP contribution is 2.21. The molecule has 1 fully saturated rings. The maximum atomic E-state index is 11.1. The second-order valence-corrected chi connectivity index (χ2v) is 5.04. The molecule has 0 saturated carbocycles. The van der Waals surface area contributed by atoms with Gasteiger partial charge in [-0.2, -0.15) is 0 Å². The van der Waals surface area contributed by atoms with Crippen molar-refractivity contribution >= 4 is 5.97 Å². The summed E-state index contributed by atoms with van der Waals surface area (Å²) in [7, 11) is 0. The van der Waals surface area contributed by atoms with Gasteiger partial charge in [0.05, 0.1) is 0 Å². The van der Waals surface area contributed by atoms with Crippen molar-refractivity contribution in [1.29, 1.82) is 0 Å². The molecule has 2 unspecified atom stereocenters. The number of ether oxygens (including phenoxy) is 2. The third-order valence-electron chi connectivity index (χ3n) is 3.45. The van der Waals surface area contributed by atoms with Crippen LogP contribution in [-0.4, -0.2) is 31.3 Å². The van der Waals surface area contributed by atoms with E-state index in [1.54, 1.807) is 0 Å². The van der Waals surface area contributed by atoms with Gasteiger partial charge in [0.25, 0.3) is 0 Å². The minimum absolute atomic E-state index is 0.0766. The van der Waals surface area contributed by atoms with Crippen LogP contribution >= 0.6 is 0 Å². The quantitative estimate of drug-likeness (QED) is 0.847. The number of carbonyl (C=O) groups is 1. The molecule has 4 nitrogen and oxygen atoms in total. The lowest BCUT2D eigenvalue weighted by molar-refractivity contribution is -0.152. The Balaban J connectivity index is 2.06. The Morgan fingerprint density at radius 2 is 2.05 bits per heavy atom. The fourth-order valence-corrected chi connectivity index (χ4v) is 2.23. The van der Waals surface area contributed by atoms with Crippen LogP contribution in [0.3, 0.4) is 0 Å². The number of nitrogens with one attached hydrogen (secondary N) is 1. The standard InChI is InChI=1S/C15H21NO3/c1-10-4-5-13(8-11(10)2)19-14-6-7-16-9-15(14)18-12(3)17/h4-5,8,14-16H,6-7,9H2,1-3H3. The first-order chi connectivity index (χ1) is 9.06. The summed E-state index contributed by atoms with van der Waals surface area (Å²) in [6.07, 6.45) is 0.547. The van der Waals surface area contributed by atoms with Crippen LogP contribution in [0.5, 0.6) is 5.75 Å². The molecule has 0 aliphatic carbocycles. The molecule has 0 amide bonds. The number of carbonyl (C=O) groups excluding carboxylic acids is 1. The highest BCUT2D eigenvalue weighted by molar-refractivity contribution is 5.66. The average molecular weight is 263 g/mol. The molecule has 2 atom stereocenters. The summed E-state index contributed by atoms with van der Waals surface area (Å²) in [5.41, 5.74) is 2.45.